The standard InChI is InChI=1S/C69H122O6/c1-4-7-10-13-16-19-22-25-26-27-28-29-30-31-32-33-34-35-36-37-38-39-40-41-42-45-47-50-53-56-59-62-68(71)74-65-66(75-69(72)63-60-57-54-51-48-44-24-21-18-15-12-9-6-3)64-73-67(70)61-58-55-52-49-46-43-23-20-17-14-11-8-5-2/h9,11-12,14,18,20-21,23,44,48,54,57,66H,4-8,10,13,15-17,19,22,24-43,45-47,49-53,55-56,58-65H2,1-3H3/b12-9-,14-11-,21-18-,23-20-,48-44-,57-54-. The van der Waals surface area contributed by atoms with Crippen LogP contribution in [0.4, 0.5) is 0 Å². The van der Waals surface area contributed by atoms with Crippen LogP contribution in [0.1, 0.15) is 329 Å². The molecular weight excluding hydrogens is 925 g/mol. The van der Waals surface area contributed by atoms with E-state index in [2.05, 4.69) is 87.6 Å². The molecule has 6 nitrogen and oxygen atoms in total. The van der Waals surface area contributed by atoms with Gasteiger partial charge in [0.05, 0.1) is 0 Å². The average Bonchev–Trinajstić information content (AvgIpc) is 3.41. The van der Waals surface area contributed by atoms with E-state index in [4.69, 9.17) is 14.2 Å². The lowest BCUT2D eigenvalue weighted by atomic mass is 10.0. The maximum absolute atomic E-state index is 12.8. The van der Waals surface area contributed by atoms with Crippen molar-refractivity contribution in [2.45, 2.75) is 335 Å². The average molecular weight is 1050 g/mol. The first-order chi connectivity index (χ1) is 37.0. The molecule has 0 saturated heterocycles. The van der Waals surface area contributed by atoms with E-state index in [1.165, 1.54) is 186 Å². The maximum atomic E-state index is 12.8. The third kappa shape index (κ3) is 61.6. The van der Waals surface area contributed by atoms with Crippen LogP contribution in [0.25, 0.3) is 0 Å². The summed E-state index contributed by atoms with van der Waals surface area (Å²) in [6.45, 7) is 6.42. The van der Waals surface area contributed by atoms with Crippen molar-refractivity contribution < 1.29 is 28.6 Å². The summed E-state index contributed by atoms with van der Waals surface area (Å²) in [6.07, 6.45) is 82.5. The van der Waals surface area contributed by atoms with Crippen LogP contribution in [0.5, 0.6) is 0 Å². The number of esters is 3. The fourth-order valence-corrected chi connectivity index (χ4v) is 9.38. The van der Waals surface area contributed by atoms with Crippen LogP contribution in [-0.4, -0.2) is 37.2 Å². The molecule has 75 heavy (non-hydrogen) atoms. The van der Waals surface area contributed by atoms with E-state index in [0.717, 1.165) is 96.3 Å². The molecule has 0 saturated carbocycles. The third-order valence-corrected chi connectivity index (χ3v) is 14.2. The van der Waals surface area contributed by atoms with Gasteiger partial charge in [0.25, 0.3) is 0 Å². The van der Waals surface area contributed by atoms with Crippen molar-refractivity contribution in [1.29, 1.82) is 0 Å². The van der Waals surface area contributed by atoms with Crippen molar-refractivity contribution in [2.24, 2.45) is 0 Å². The van der Waals surface area contributed by atoms with E-state index >= 15 is 0 Å². The first-order valence-corrected chi connectivity index (χ1v) is 32.4. The van der Waals surface area contributed by atoms with Gasteiger partial charge in [-0.2, -0.15) is 0 Å². The zero-order chi connectivity index (χ0) is 54.3. The van der Waals surface area contributed by atoms with Crippen molar-refractivity contribution >= 4 is 17.9 Å². The number of rotatable bonds is 59. The minimum Gasteiger partial charge on any atom is -0.462 e. The van der Waals surface area contributed by atoms with Gasteiger partial charge < -0.3 is 14.2 Å². The lowest BCUT2D eigenvalue weighted by molar-refractivity contribution is -0.166. The number of carbonyl (C=O) groups excluding carboxylic acids is 3. The molecule has 0 aliphatic carbocycles. The summed E-state index contributed by atoms with van der Waals surface area (Å²) in [7, 11) is 0. The van der Waals surface area contributed by atoms with E-state index in [9.17, 15) is 14.4 Å². The molecular formula is C69H122O6. The second kappa shape index (κ2) is 63.4. The zero-order valence-corrected chi connectivity index (χ0v) is 49.8. The molecule has 0 aliphatic rings. The molecule has 0 amide bonds. The Bertz CT molecular complexity index is 1390. The monoisotopic (exact) mass is 1050 g/mol. The molecule has 434 valence electrons. The predicted molar refractivity (Wildman–Crippen MR) is 325 cm³/mol. The van der Waals surface area contributed by atoms with Gasteiger partial charge in [0.1, 0.15) is 13.2 Å². The number of hydrogen-bond donors (Lipinski definition) is 0. The second-order valence-corrected chi connectivity index (χ2v) is 21.6. The molecule has 0 radical (unpaired) electrons. The Morgan fingerprint density at radius 1 is 0.280 bits per heavy atom. The van der Waals surface area contributed by atoms with Crippen LogP contribution < -0.4 is 0 Å². The SMILES string of the molecule is CC/C=C\C/C=C\C/C=C\C/C=C\CCC(=O)OC(COC(=O)CCCCCCC/C=C\C/C=C\CCC)COC(=O)CCCCCCCCCCCCCCCCCCCCCCCCCCCCCCCCC. The van der Waals surface area contributed by atoms with E-state index in [1.54, 1.807) is 0 Å². The van der Waals surface area contributed by atoms with Gasteiger partial charge in [-0.15, -0.1) is 0 Å². The Balaban J connectivity index is 4.13. The van der Waals surface area contributed by atoms with Gasteiger partial charge in [0.2, 0.25) is 0 Å². The summed E-state index contributed by atoms with van der Waals surface area (Å²) >= 11 is 0. The fourth-order valence-electron chi connectivity index (χ4n) is 9.38. The third-order valence-electron chi connectivity index (χ3n) is 14.2. The molecule has 1 atom stereocenters. The molecule has 0 bridgehead atoms. The first kappa shape index (κ1) is 71.8. The topological polar surface area (TPSA) is 78.9 Å². The minimum absolute atomic E-state index is 0.106. The summed E-state index contributed by atoms with van der Waals surface area (Å²) in [5.41, 5.74) is 0. The molecule has 0 aliphatic heterocycles. The number of hydrogen-bond acceptors (Lipinski definition) is 6. The van der Waals surface area contributed by atoms with Crippen molar-refractivity contribution in [2.75, 3.05) is 13.2 Å². The van der Waals surface area contributed by atoms with Crippen LogP contribution in [0, 0.1) is 0 Å². The molecule has 0 N–H and O–H groups in total. The lowest BCUT2D eigenvalue weighted by Gasteiger charge is -2.18. The summed E-state index contributed by atoms with van der Waals surface area (Å²) < 4.78 is 16.8. The number of allylic oxidation sites excluding steroid dienone is 12. The first-order valence-electron chi connectivity index (χ1n) is 32.4. The zero-order valence-electron chi connectivity index (χ0n) is 49.8. The number of carbonyl (C=O) groups is 3. The number of ether oxygens (including phenoxy) is 3. The van der Waals surface area contributed by atoms with Gasteiger partial charge in [-0.3, -0.25) is 14.4 Å². The van der Waals surface area contributed by atoms with Crippen molar-refractivity contribution in [3.05, 3.63) is 72.9 Å². The molecule has 0 aromatic carbocycles. The molecule has 1 unspecified atom stereocenters. The summed E-state index contributed by atoms with van der Waals surface area (Å²) in [5.74, 6) is -0.993. The summed E-state index contributed by atoms with van der Waals surface area (Å²) in [4.78, 5) is 38.1. The highest BCUT2D eigenvalue weighted by atomic mass is 16.6. The highest BCUT2D eigenvalue weighted by Gasteiger charge is 2.19. The second-order valence-electron chi connectivity index (χ2n) is 21.6. The van der Waals surface area contributed by atoms with E-state index < -0.39 is 12.1 Å². The fraction of sp³-hybridized carbons (Fsp3) is 0.783. The maximum Gasteiger partial charge on any atom is 0.306 e. The van der Waals surface area contributed by atoms with Gasteiger partial charge in [-0.05, 0) is 70.6 Å². The Labute approximate surface area is 465 Å². The number of unbranched alkanes of at least 4 members (excludes halogenated alkanes) is 36. The summed E-state index contributed by atoms with van der Waals surface area (Å²) in [5, 5.41) is 0. The van der Waals surface area contributed by atoms with E-state index in [1.807, 2.05) is 6.08 Å². The summed E-state index contributed by atoms with van der Waals surface area (Å²) in [6, 6.07) is 0. The smallest absolute Gasteiger partial charge is 0.306 e. The van der Waals surface area contributed by atoms with Crippen LogP contribution in [0.3, 0.4) is 0 Å². The van der Waals surface area contributed by atoms with E-state index in [-0.39, 0.29) is 31.6 Å². The van der Waals surface area contributed by atoms with Gasteiger partial charge in [0, 0.05) is 19.3 Å². The highest BCUT2D eigenvalue weighted by molar-refractivity contribution is 5.71. The normalized spacial score (nSPS) is 12.5. The van der Waals surface area contributed by atoms with Crippen molar-refractivity contribution in [3.8, 4) is 0 Å². The van der Waals surface area contributed by atoms with Gasteiger partial charge in [-0.1, -0.05) is 312 Å². The molecule has 6 heteroatoms. The van der Waals surface area contributed by atoms with Crippen molar-refractivity contribution in [3.63, 3.8) is 0 Å². The Morgan fingerprint density at radius 2 is 0.573 bits per heavy atom. The van der Waals surface area contributed by atoms with E-state index in [0.29, 0.717) is 19.3 Å². The minimum atomic E-state index is -0.818. The van der Waals surface area contributed by atoms with Gasteiger partial charge in [0.15, 0.2) is 6.10 Å². The van der Waals surface area contributed by atoms with Crippen LogP contribution in [0.2, 0.25) is 0 Å². The molecule has 0 heterocycles. The lowest BCUT2D eigenvalue weighted by Crippen LogP contribution is -2.30. The van der Waals surface area contributed by atoms with Gasteiger partial charge in [-0.25, -0.2) is 0 Å². The van der Waals surface area contributed by atoms with Crippen LogP contribution in [-0.2, 0) is 28.6 Å². The quantitative estimate of drug-likeness (QED) is 0.0261. The molecule has 0 rings (SSSR count). The van der Waals surface area contributed by atoms with Crippen LogP contribution in [0.15, 0.2) is 72.9 Å². The molecule has 0 spiro atoms. The van der Waals surface area contributed by atoms with Crippen molar-refractivity contribution in [1.82, 2.24) is 0 Å². The Hall–Kier alpha value is -3.15. The predicted octanol–water partition coefficient (Wildman–Crippen LogP) is 22.1. The Morgan fingerprint density at radius 3 is 0.920 bits per heavy atom. The van der Waals surface area contributed by atoms with Gasteiger partial charge >= 0.3 is 17.9 Å². The molecule has 0 fully saturated rings. The Kier molecular flexibility index (Phi) is 60.7. The largest absolute Gasteiger partial charge is 0.462 e. The molecule has 0 aromatic rings. The highest BCUT2D eigenvalue weighted by Crippen LogP contribution is 2.18. The van der Waals surface area contributed by atoms with Crippen LogP contribution >= 0.6 is 0 Å². The molecule has 0 aromatic heterocycles.